The van der Waals surface area contributed by atoms with E-state index in [0.717, 1.165) is 26.2 Å². The molecule has 2 saturated heterocycles. The lowest BCUT2D eigenvalue weighted by Gasteiger charge is -2.30. The fourth-order valence-electron chi connectivity index (χ4n) is 6.93. The van der Waals surface area contributed by atoms with E-state index in [0.29, 0.717) is 88.3 Å². The number of likely N-dealkylation sites (tertiary alicyclic amines) is 1. The molecule has 2 fully saturated rings. The molecule has 20 heteroatoms. The number of furan rings is 1. The van der Waals surface area contributed by atoms with Crippen molar-refractivity contribution >= 4 is 75.0 Å². The van der Waals surface area contributed by atoms with Crippen molar-refractivity contribution in [2.75, 3.05) is 71.0 Å². The lowest BCUT2D eigenvalue weighted by atomic mass is 9.94. The van der Waals surface area contributed by atoms with Crippen LogP contribution in [0.3, 0.4) is 0 Å². The predicted octanol–water partition coefficient (Wildman–Crippen LogP) is 2.85. The van der Waals surface area contributed by atoms with E-state index in [-0.39, 0.29) is 73.5 Å². The van der Waals surface area contributed by atoms with Crippen molar-refractivity contribution in [1.82, 2.24) is 36.1 Å². The van der Waals surface area contributed by atoms with Crippen molar-refractivity contribution < 1.29 is 42.7 Å². The predicted molar refractivity (Wildman–Crippen MR) is 227 cm³/mol. The van der Waals surface area contributed by atoms with Gasteiger partial charge in [-0.25, -0.2) is 4.98 Å². The third-order valence-electron chi connectivity index (χ3n) is 10.3. The van der Waals surface area contributed by atoms with Crippen molar-refractivity contribution in [3.05, 3.63) is 51.2 Å². The van der Waals surface area contributed by atoms with Crippen LogP contribution in [0.2, 0.25) is 0 Å². The van der Waals surface area contributed by atoms with E-state index in [1.54, 1.807) is 23.3 Å². The Morgan fingerprint density at radius 2 is 1.77 bits per heavy atom. The van der Waals surface area contributed by atoms with Crippen molar-refractivity contribution in [3.63, 3.8) is 0 Å². The van der Waals surface area contributed by atoms with Crippen LogP contribution in [-0.2, 0) is 57.7 Å². The van der Waals surface area contributed by atoms with Gasteiger partial charge in [0.15, 0.2) is 5.13 Å². The number of fused-ring (bicyclic) bond motifs is 1. The molecule has 3 aromatic heterocycles. The van der Waals surface area contributed by atoms with Crippen molar-refractivity contribution in [1.29, 1.82) is 0 Å². The topological polar surface area (TPSA) is 214 Å². The second-order valence-electron chi connectivity index (χ2n) is 15.8. The molecule has 3 aromatic rings. The molecular weight excluding hydrogens is 833 g/mol. The summed E-state index contributed by atoms with van der Waals surface area (Å²) in [6, 6.07) is 3.36. The molecule has 60 heavy (non-hydrogen) atoms. The SMILES string of the molecule is CC(C)(C)c1ccc(CSc2cnc(NC(=O)C3CCN(CC(=O)NCCOCCOCCNCC(=O)NCc4scc5c4CN(C4CCC(=O)NC4=O)C5=O)CC3)s2)o1. The molecule has 0 bridgehead atoms. The van der Waals surface area contributed by atoms with Gasteiger partial charge in [0.2, 0.25) is 29.5 Å². The van der Waals surface area contributed by atoms with Gasteiger partial charge < -0.3 is 40.1 Å². The summed E-state index contributed by atoms with van der Waals surface area (Å²) in [6.45, 7) is 10.9. The zero-order chi connectivity index (χ0) is 42.6. The van der Waals surface area contributed by atoms with Crippen molar-refractivity contribution in [2.24, 2.45) is 5.92 Å². The minimum Gasteiger partial charge on any atom is -0.465 e. The largest absolute Gasteiger partial charge is 0.465 e. The Morgan fingerprint density at radius 1 is 1.00 bits per heavy atom. The molecule has 6 amide bonds. The number of aromatic nitrogens is 1. The molecule has 0 aliphatic carbocycles. The fraction of sp³-hybridized carbons (Fsp3) is 0.575. The Labute approximate surface area is 361 Å². The van der Waals surface area contributed by atoms with Crippen LogP contribution in [-0.4, -0.2) is 122 Å². The van der Waals surface area contributed by atoms with Crippen LogP contribution in [0.15, 0.2) is 32.3 Å². The normalized spacial score (nSPS) is 17.5. The first kappa shape index (κ1) is 45.3. The summed E-state index contributed by atoms with van der Waals surface area (Å²) >= 11 is 4.48. The maximum absolute atomic E-state index is 12.9. The van der Waals surface area contributed by atoms with E-state index in [1.165, 1.54) is 27.6 Å². The summed E-state index contributed by atoms with van der Waals surface area (Å²) < 4.78 is 18.1. The maximum atomic E-state index is 12.9. The number of hydrogen-bond acceptors (Lipinski definition) is 15. The third kappa shape index (κ3) is 12.9. The molecule has 3 aliphatic heterocycles. The highest BCUT2D eigenvalue weighted by molar-refractivity contribution is 8.00. The van der Waals surface area contributed by atoms with E-state index in [9.17, 15) is 28.8 Å². The second-order valence-corrected chi connectivity index (χ2v) is 19.1. The van der Waals surface area contributed by atoms with Gasteiger partial charge in [0.05, 0.1) is 67.8 Å². The lowest BCUT2D eigenvalue weighted by molar-refractivity contribution is -0.137. The zero-order valence-electron chi connectivity index (χ0n) is 34.2. The Hall–Kier alpha value is -4.18. The van der Waals surface area contributed by atoms with E-state index in [4.69, 9.17) is 13.9 Å². The Bertz CT molecular complexity index is 1980. The second kappa shape index (κ2) is 21.6. The van der Waals surface area contributed by atoms with Crippen LogP contribution in [0, 0.1) is 5.92 Å². The Balaban J connectivity index is 0.733. The maximum Gasteiger partial charge on any atom is 0.256 e. The Kier molecular flexibility index (Phi) is 16.3. The standard InChI is InChI=1S/C40H54N8O9S3/c1-40(2,3)31-6-4-26(57-31)23-59-35-20-44-39(60-35)46-36(52)25-8-12-47(13-9-25)22-34(51)42-11-15-56-17-16-55-14-10-41-19-33(50)43-18-30-27-21-48(38(54)28(27)24-58-30)29-5-7-32(49)45-37(29)53/h4,6,20,24-25,29,41H,5,7-19,21-23H2,1-3H3,(H,42,51)(H,43,50)(H,44,46,52)(H,45,49,53). The van der Waals surface area contributed by atoms with E-state index in [1.807, 2.05) is 12.1 Å². The smallest absolute Gasteiger partial charge is 0.256 e. The molecular formula is C40H54N8O9S3. The van der Waals surface area contributed by atoms with Crippen molar-refractivity contribution in [2.45, 2.75) is 81.0 Å². The highest BCUT2D eigenvalue weighted by Crippen LogP contribution is 2.35. The zero-order valence-corrected chi connectivity index (χ0v) is 36.7. The average Bonchev–Trinajstić information content (AvgIpc) is 4.02. The van der Waals surface area contributed by atoms with Crippen LogP contribution in [0.5, 0.6) is 0 Å². The average molecular weight is 887 g/mol. The van der Waals surface area contributed by atoms with Gasteiger partial charge in [0, 0.05) is 47.6 Å². The van der Waals surface area contributed by atoms with E-state index >= 15 is 0 Å². The third-order valence-corrected chi connectivity index (χ3v) is 13.4. The molecule has 3 aliphatic rings. The van der Waals surface area contributed by atoms with Crippen LogP contribution in [0.25, 0.3) is 0 Å². The number of nitrogens with one attached hydrogen (secondary N) is 5. The number of hydrogen-bond donors (Lipinski definition) is 5. The fourth-order valence-corrected chi connectivity index (χ4v) is 9.67. The molecule has 326 valence electrons. The number of thiazole rings is 1. The molecule has 1 atom stereocenters. The quantitative estimate of drug-likeness (QED) is 0.0593. The van der Waals surface area contributed by atoms with Crippen LogP contribution >= 0.6 is 34.4 Å². The highest BCUT2D eigenvalue weighted by Gasteiger charge is 2.40. The van der Waals surface area contributed by atoms with Gasteiger partial charge in [-0.2, -0.15) is 0 Å². The summed E-state index contributed by atoms with van der Waals surface area (Å²) in [5.74, 6) is 1.09. The number of rotatable bonds is 21. The highest BCUT2D eigenvalue weighted by atomic mass is 32.2. The van der Waals surface area contributed by atoms with Gasteiger partial charge >= 0.3 is 0 Å². The van der Waals surface area contributed by atoms with Gasteiger partial charge in [0.25, 0.3) is 5.91 Å². The van der Waals surface area contributed by atoms with E-state index < -0.39 is 11.9 Å². The molecule has 0 aromatic carbocycles. The summed E-state index contributed by atoms with van der Waals surface area (Å²) in [6.07, 6.45) is 3.62. The van der Waals surface area contributed by atoms with Gasteiger partial charge in [-0.1, -0.05) is 32.1 Å². The van der Waals surface area contributed by atoms with Crippen LogP contribution in [0.1, 0.15) is 78.8 Å². The molecule has 0 radical (unpaired) electrons. The first-order valence-corrected chi connectivity index (χ1v) is 22.9. The molecule has 5 N–H and O–H groups in total. The number of piperidine rings is 2. The number of amides is 6. The van der Waals surface area contributed by atoms with Crippen LogP contribution in [0.4, 0.5) is 5.13 Å². The number of thioether (sulfide) groups is 1. The molecule has 0 saturated carbocycles. The number of thiophene rings is 1. The summed E-state index contributed by atoms with van der Waals surface area (Å²) in [4.78, 5) is 83.3. The molecule has 17 nitrogen and oxygen atoms in total. The number of imide groups is 1. The van der Waals surface area contributed by atoms with Gasteiger partial charge in [-0.15, -0.1) is 23.1 Å². The number of anilines is 1. The van der Waals surface area contributed by atoms with Gasteiger partial charge in [-0.3, -0.25) is 39.0 Å². The van der Waals surface area contributed by atoms with Crippen molar-refractivity contribution in [3.8, 4) is 0 Å². The molecule has 0 spiro atoms. The number of nitrogens with zero attached hydrogens (tertiary/aromatic N) is 3. The number of ether oxygens (including phenoxy) is 2. The van der Waals surface area contributed by atoms with Gasteiger partial charge in [-0.05, 0) is 50.0 Å². The Morgan fingerprint density at radius 3 is 2.50 bits per heavy atom. The lowest BCUT2D eigenvalue weighted by Crippen LogP contribution is -2.52. The summed E-state index contributed by atoms with van der Waals surface area (Å²) in [7, 11) is 0. The summed E-state index contributed by atoms with van der Waals surface area (Å²) in [5.41, 5.74) is 1.32. The molecule has 6 heterocycles. The van der Waals surface area contributed by atoms with E-state index in [2.05, 4.69) is 57.2 Å². The van der Waals surface area contributed by atoms with Gasteiger partial charge in [0.1, 0.15) is 17.6 Å². The monoisotopic (exact) mass is 886 g/mol. The minimum absolute atomic E-state index is 0.0346. The van der Waals surface area contributed by atoms with Crippen LogP contribution < -0.4 is 26.6 Å². The minimum atomic E-state index is -0.672. The summed E-state index contributed by atoms with van der Waals surface area (Å²) in [5, 5.41) is 16.4. The number of carbonyl (C=O) groups excluding carboxylic acids is 6. The molecule has 6 rings (SSSR count). The first-order chi connectivity index (χ1) is 28.8. The molecule has 1 unspecified atom stereocenters. The number of carbonyl (C=O) groups is 6. The first-order valence-electron chi connectivity index (χ1n) is 20.2.